The third kappa shape index (κ3) is 5.44. The van der Waals surface area contributed by atoms with Crippen LogP contribution in [0.15, 0.2) is 42.5 Å². The minimum atomic E-state index is -0.0597. The Morgan fingerprint density at radius 2 is 1.67 bits per heavy atom. The van der Waals surface area contributed by atoms with Gasteiger partial charge in [-0.3, -0.25) is 4.79 Å². The molecule has 7 heteroatoms. The molecule has 4 nitrogen and oxygen atoms in total. The van der Waals surface area contributed by atoms with Crippen LogP contribution in [-0.2, 0) is 0 Å². The first-order chi connectivity index (χ1) is 12.1. The highest BCUT2D eigenvalue weighted by Gasteiger charge is 2.13. The van der Waals surface area contributed by atoms with Gasteiger partial charge in [-0.2, -0.15) is 0 Å². The molecule has 1 amide bonds. The Bertz CT molecular complexity index is 916. The molecule has 2 aromatic carbocycles. The normalized spacial score (nSPS) is 10.5. The van der Waals surface area contributed by atoms with Gasteiger partial charge in [0, 0.05) is 27.4 Å². The number of nitrogens with one attached hydrogen (secondary N) is 1. The number of hydrogen-bond donors (Lipinski definition) is 1. The second-order valence-electron chi connectivity index (χ2n) is 5.96. The molecule has 1 heterocycles. The number of fused-ring (bicyclic) bond motifs is 2. The van der Waals surface area contributed by atoms with E-state index >= 15 is 0 Å². The van der Waals surface area contributed by atoms with E-state index < -0.39 is 0 Å². The molecule has 0 aliphatic carbocycles. The van der Waals surface area contributed by atoms with E-state index in [1.807, 2.05) is 30.3 Å². The number of carbonyl (C=O) groups excluding carboxylic acids is 1. The first kappa shape index (κ1) is 23.9. The molecular weight excluding hydrogens is 494 g/mol. The Morgan fingerprint density at radius 3 is 2.33 bits per heavy atom. The summed E-state index contributed by atoms with van der Waals surface area (Å²) in [5.41, 5.74) is 2.34. The van der Waals surface area contributed by atoms with Crippen LogP contribution in [-0.4, -0.2) is 42.0 Å². The number of amides is 1. The monoisotopic (exact) mass is 517 g/mol. The van der Waals surface area contributed by atoms with Crippen LogP contribution in [0, 0.1) is 3.57 Å². The molecule has 0 aliphatic rings. The zero-order chi connectivity index (χ0) is 17.8. The third-order valence-corrected chi connectivity index (χ3v) is 5.34. The largest absolute Gasteiger partial charge is 0.351 e. The van der Waals surface area contributed by atoms with Gasteiger partial charge >= 0.3 is 0 Å². The lowest BCUT2D eigenvalue weighted by molar-refractivity contribution is 0.0950. The zero-order valence-electron chi connectivity index (χ0n) is 15.4. The van der Waals surface area contributed by atoms with Gasteiger partial charge in [0.05, 0.1) is 16.6 Å². The highest BCUT2D eigenvalue weighted by atomic mass is 125. The number of carbonyl (C=O) groups is 1. The molecule has 0 atom stereocenters. The molecule has 0 bridgehead atoms. The smallest absolute Gasteiger partial charge is 0.253 e. The molecule has 146 valence electrons. The van der Waals surface area contributed by atoms with Gasteiger partial charge in [-0.25, -0.2) is 4.98 Å². The lowest BCUT2D eigenvalue weighted by Crippen LogP contribution is -2.34. The van der Waals surface area contributed by atoms with E-state index in [1.54, 1.807) is 0 Å². The second-order valence-corrected chi connectivity index (χ2v) is 7.12. The van der Waals surface area contributed by atoms with Crippen molar-refractivity contribution in [2.75, 3.05) is 26.2 Å². The Hall–Kier alpha value is -1.15. The van der Waals surface area contributed by atoms with Gasteiger partial charge < -0.3 is 10.2 Å². The summed E-state index contributed by atoms with van der Waals surface area (Å²) in [6, 6.07) is 14.0. The van der Waals surface area contributed by atoms with Gasteiger partial charge in [-0.05, 0) is 53.9 Å². The predicted octanol–water partition coefficient (Wildman–Crippen LogP) is 4.91. The molecule has 27 heavy (non-hydrogen) atoms. The summed E-state index contributed by atoms with van der Waals surface area (Å²) < 4.78 is 1.09. The average Bonchev–Trinajstić information content (AvgIpc) is 2.63. The molecule has 3 rings (SSSR count). The Labute approximate surface area is 186 Å². The highest BCUT2D eigenvalue weighted by Crippen LogP contribution is 2.25. The fourth-order valence-corrected chi connectivity index (χ4v) is 3.63. The van der Waals surface area contributed by atoms with Crippen molar-refractivity contribution in [2.45, 2.75) is 13.8 Å². The van der Waals surface area contributed by atoms with Crippen LogP contribution >= 0.6 is 47.4 Å². The molecule has 0 unspecified atom stereocenters. The number of aromatic nitrogens is 1. The maximum Gasteiger partial charge on any atom is 0.253 e. The summed E-state index contributed by atoms with van der Waals surface area (Å²) in [6.45, 7) is 7.75. The molecule has 0 aliphatic heterocycles. The predicted molar refractivity (Wildman–Crippen MR) is 127 cm³/mol. The van der Waals surface area contributed by atoms with Crippen LogP contribution in [0.2, 0.25) is 0 Å². The number of likely N-dealkylation sites (N-methyl/N-ethyl adjacent to an activating group) is 1. The SMILES string of the molecule is CCN(CC)CCNC(=O)c1cccc2cc3cccc([125I])c3nc12.Cl.Cl. The summed E-state index contributed by atoms with van der Waals surface area (Å²) in [5.74, 6) is -0.0597. The van der Waals surface area contributed by atoms with Gasteiger partial charge in [0.1, 0.15) is 0 Å². The van der Waals surface area contributed by atoms with Gasteiger partial charge in [0.2, 0.25) is 0 Å². The van der Waals surface area contributed by atoms with Crippen molar-refractivity contribution in [1.82, 2.24) is 15.2 Å². The van der Waals surface area contributed by atoms with Gasteiger partial charge in [0.15, 0.2) is 0 Å². The number of pyridine rings is 1. The lowest BCUT2D eigenvalue weighted by atomic mass is 10.1. The number of halogens is 3. The summed E-state index contributed by atoms with van der Waals surface area (Å²) >= 11 is 2.29. The van der Waals surface area contributed by atoms with E-state index in [9.17, 15) is 4.79 Å². The standard InChI is InChI=1S/C20H22IN3O.2ClH/c1-3-24(4-2)12-11-22-20(25)16-9-5-7-14-13-15-8-6-10-17(21)19(15)23-18(14)16;;/h5-10,13H,3-4,11-12H2,1-2H3,(H,22,25);2*1H/i21-2;;. The van der Waals surface area contributed by atoms with Crippen LogP contribution in [0.25, 0.3) is 21.8 Å². The molecule has 3 aromatic rings. The number of para-hydroxylation sites is 2. The fourth-order valence-electron chi connectivity index (χ4n) is 2.99. The molecule has 0 saturated carbocycles. The number of benzene rings is 2. The van der Waals surface area contributed by atoms with Crippen molar-refractivity contribution in [1.29, 1.82) is 0 Å². The van der Waals surface area contributed by atoms with Crippen LogP contribution in [0.1, 0.15) is 24.2 Å². The van der Waals surface area contributed by atoms with E-state index in [0.717, 1.165) is 45.0 Å². The Balaban J connectivity index is 0.00000182. The zero-order valence-corrected chi connectivity index (χ0v) is 19.2. The van der Waals surface area contributed by atoms with Gasteiger partial charge in [0.25, 0.3) is 5.91 Å². The first-order valence-corrected chi connectivity index (χ1v) is 9.70. The summed E-state index contributed by atoms with van der Waals surface area (Å²) in [7, 11) is 0. The van der Waals surface area contributed by atoms with E-state index in [2.05, 4.69) is 58.8 Å². The third-order valence-electron chi connectivity index (χ3n) is 4.47. The van der Waals surface area contributed by atoms with Crippen molar-refractivity contribution >= 4 is 75.1 Å². The molecular formula is C20H24Cl2IN3O. The number of rotatable bonds is 6. The molecule has 0 spiro atoms. The maximum atomic E-state index is 12.7. The minimum absolute atomic E-state index is 0. The first-order valence-electron chi connectivity index (χ1n) is 8.62. The van der Waals surface area contributed by atoms with Crippen LogP contribution < -0.4 is 5.32 Å². The summed E-state index contributed by atoms with van der Waals surface area (Å²) in [5, 5.41) is 5.12. The molecule has 0 saturated heterocycles. The Kier molecular flexibility index (Phi) is 9.73. The van der Waals surface area contributed by atoms with Crippen LogP contribution in [0.4, 0.5) is 0 Å². The van der Waals surface area contributed by atoms with Crippen molar-refractivity contribution < 1.29 is 4.79 Å². The molecule has 1 N–H and O–H groups in total. The molecule has 0 radical (unpaired) electrons. The average molecular weight is 518 g/mol. The van der Waals surface area contributed by atoms with Crippen LogP contribution in [0.3, 0.4) is 0 Å². The molecule has 0 fully saturated rings. The quantitative estimate of drug-likeness (QED) is 0.373. The minimum Gasteiger partial charge on any atom is -0.351 e. The van der Waals surface area contributed by atoms with Crippen molar-refractivity contribution in [3.63, 3.8) is 0 Å². The fraction of sp³-hybridized carbons (Fsp3) is 0.300. The van der Waals surface area contributed by atoms with Crippen molar-refractivity contribution in [3.05, 3.63) is 51.6 Å². The molecule has 1 aromatic heterocycles. The number of hydrogen-bond acceptors (Lipinski definition) is 3. The van der Waals surface area contributed by atoms with Crippen molar-refractivity contribution in [2.24, 2.45) is 0 Å². The Morgan fingerprint density at radius 1 is 1.04 bits per heavy atom. The van der Waals surface area contributed by atoms with Gasteiger partial charge in [-0.15, -0.1) is 24.8 Å². The number of nitrogens with zero attached hydrogens (tertiary/aromatic N) is 2. The summed E-state index contributed by atoms with van der Waals surface area (Å²) in [6.07, 6.45) is 0. The van der Waals surface area contributed by atoms with Crippen molar-refractivity contribution in [3.8, 4) is 0 Å². The lowest BCUT2D eigenvalue weighted by Gasteiger charge is -2.18. The topological polar surface area (TPSA) is 45.2 Å². The van der Waals surface area contributed by atoms with E-state index in [-0.39, 0.29) is 30.7 Å². The van der Waals surface area contributed by atoms with E-state index in [0.29, 0.717) is 12.1 Å². The van der Waals surface area contributed by atoms with E-state index in [4.69, 9.17) is 4.98 Å². The second kappa shape index (κ2) is 11.0. The van der Waals surface area contributed by atoms with Crippen LogP contribution in [0.5, 0.6) is 0 Å². The highest BCUT2D eigenvalue weighted by molar-refractivity contribution is 14.1. The van der Waals surface area contributed by atoms with E-state index in [1.165, 1.54) is 0 Å². The summed E-state index contributed by atoms with van der Waals surface area (Å²) in [4.78, 5) is 19.8. The van der Waals surface area contributed by atoms with Gasteiger partial charge in [-0.1, -0.05) is 38.1 Å². The maximum absolute atomic E-state index is 12.7.